The average molecular weight is 488 g/mol. The van der Waals surface area contributed by atoms with Gasteiger partial charge in [-0.1, -0.05) is 75.0 Å². The number of hydrogen-bond donors (Lipinski definition) is 1. The van der Waals surface area contributed by atoms with E-state index in [1.807, 2.05) is 56.3 Å². The molecule has 1 amide bonds. The van der Waals surface area contributed by atoms with Crippen LogP contribution in [0, 0.1) is 6.92 Å². The van der Waals surface area contributed by atoms with E-state index in [1.54, 1.807) is 9.08 Å². The first-order valence-electron chi connectivity index (χ1n) is 12.0. The predicted octanol–water partition coefficient (Wildman–Crippen LogP) is 4.84. The number of aryl methyl sites for hydroxylation is 1. The highest BCUT2D eigenvalue weighted by Crippen LogP contribution is 2.42. The zero-order valence-electron chi connectivity index (χ0n) is 20.5. The molecule has 2 aromatic heterocycles. The second kappa shape index (κ2) is 9.00. The first kappa shape index (κ1) is 23.4. The smallest absolute Gasteiger partial charge is 0.265 e. The van der Waals surface area contributed by atoms with Crippen molar-refractivity contribution in [1.29, 1.82) is 0 Å². The van der Waals surface area contributed by atoms with Crippen LogP contribution in [0.15, 0.2) is 58.5 Å². The first-order valence-corrected chi connectivity index (χ1v) is 13.0. The minimum atomic E-state index is -0.326. The highest BCUT2D eigenvalue weighted by atomic mass is 32.2. The van der Waals surface area contributed by atoms with Crippen molar-refractivity contribution < 1.29 is 4.79 Å². The molecule has 2 aromatic carbocycles. The number of anilines is 1. The van der Waals surface area contributed by atoms with Gasteiger partial charge in [-0.2, -0.15) is 0 Å². The van der Waals surface area contributed by atoms with E-state index in [2.05, 4.69) is 30.3 Å². The summed E-state index contributed by atoms with van der Waals surface area (Å²) in [5.74, 6) is 0.918. The van der Waals surface area contributed by atoms with Crippen molar-refractivity contribution in [3.63, 3.8) is 0 Å². The summed E-state index contributed by atoms with van der Waals surface area (Å²) in [4.78, 5) is 32.0. The van der Waals surface area contributed by atoms with Crippen LogP contribution in [0.4, 0.5) is 5.69 Å². The van der Waals surface area contributed by atoms with E-state index < -0.39 is 0 Å². The summed E-state index contributed by atoms with van der Waals surface area (Å²) in [5, 5.41) is 8.18. The number of carbonyl (C=O) groups excluding carboxylic acids is 1. The number of rotatable bonds is 6. The monoisotopic (exact) mass is 487 g/mol. The maximum absolute atomic E-state index is 14.0. The van der Waals surface area contributed by atoms with Crippen LogP contribution < -0.4 is 10.9 Å². The van der Waals surface area contributed by atoms with Crippen LogP contribution >= 0.6 is 11.8 Å². The first-order chi connectivity index (χ1) is 16.9. The topological polar surface area (TPSA) is 81.3 Å². The van der Waals surface area contributed by atoms with Crippen molar-refractivity contribution in [1.82, 2.24) is 19.2 Å². The Labute approximate surface area is 208 Å². The molecule has 1 N–H and O–H groups in total. The summed E-state index contributed by atoms with van der Waals surface area (Å²) in [6.45, 7) is 8.19. The lowest BCUT2D eigenvalue weighted by Gasteiger charge is -2.35. The number of benzene rings is 2. The van der Waals surface area contributed by atoms with E-state index in [-0.39, 0.29) is 23.4 Å². The summed E-state index contributed by atoms with van der Waals surface area (Å²) in [6.07, 6.45) is 1.61. The van der Waals surface area contributed by atoms with Crippen molar-refractivity contribution in [3.8, 4) is 11.3 Å². The molecule has 5 rings (SSSR count). The number of hydrogen-bond acceptors (Lipinski definition) is 5. The van der Waals surface area contributed by atoms with Crippen LogP contribution in [0.25, 0.3) is 17.0 Å². The van der Waals surface area contributed by atoms with Gasteiger partial charge in [0, 0.05) is 16.7 Å². The van der Waals surface area contributed by atoms with Crippen molar-refractivity contribution in [2.75, 3.05) is 11.1 Å². The minimum absolute atomic E-state index is 0.0416. The molecular formula is C27H29N5O2S. The number of para-hydroxylation sites is 1. The highest BCUT2D eigenvalue weighted by Gasteiger charge is 2.38. The number of carbonyl (C=O) groups is 1. The molecule has 2 heterocycles. The zero-order valence-corrected chi connectivity index (χ0v) is 21.3. The number of amides is 1. The van der Waals surface area contributed by atoms with Gasteiger partial charge >= 0.3 is 0 Å². The lowest BCUT2D eigenvalue weighted by Crippen LogP contribution is -2.38. The molecule has 180 valence electrons. The van der Waals surface area contributed by atoms with Crippen LogP contribution in [0.2, 0.25) is 0 Å². The number of aromatic nitrogens is 4. The maximum atomic E-state index is 14.0. The molecule has 8 heteroatoms. The number of nitrogens with zero attached hydrogens (tertiary/aromatic N) is 4. The maximum Gasteiger partial charge on any atom is 0.265 e. The molecule has 7 nitrogen and oxygen atoms in total. The Hall–Kier alpha value is -3.39. The van der Waals surface area contributed by atoms with Gasteiger partial charge in [0.2, 0.25) is 11.7 Å². The lowest BCUT2D eigenvalue weighted by molar-refractivity contribution is -0.116. The molecule has 4 aromatic rings. The summed E-state index contributed by atoms with van der Waals surface area (Å²) in [6, 6.07) is 15.8. The van der Waals surface area contributed by atoms with Gasteiger partial charge in [-0.25, -0.2) is 14.1 Å². The summed E-state index contributed by atoms with van der Waals surface area (Å²) in [7, 11) is 0. The van der Waals surface area contributed by atoms with Gasteiger partial charge in [0.15, 0.2) is 5.16 Å². The van der Waals surface area contributed by atoms with Gasteiger partial charge in [0.05, 0.1) is 11.3 Å². The molecule has 0 aliphatic heterocycles. The molecule has 0 spiro atoms. The van der Waals surface area contributed by atoms with E-state index in [0.29, 0.717) is 16.6 Å². The second-order valence-electron chi connectivity index (χ2n) is 9.26. The fourth-order valence-corrected chi connectivity index (χ4v) is 5.58. The fourth-order valence-electron chi connectivity index (χ4n) is 4.87. The van der Waals surface area contributed by atoms with Crippen molar-refractivity contribution in [3.05, 3.63) is 75.6 Å². The van der Waals surface area contributed by atoms with Crippen LogP contribution in [-0.2, 0) is 23.2 Å². The Bertz CT molecular complexity index is 1510. The summed E-state index contributed by atoms with van der Waals surface area (Å²) in [5.41, 5.74) is 4.92. The molecule has 0 saturated heterocycles. The Kier molecular flexibility index (Phi) is 6.01. The Morgan fingerprint density at radius 1 is 1.14 bits per heavy atom. The van der Waals surface area contributed by atoms with E-state index in [0.717, 1.165) is 41.0 Å². The Morgan fingerprint density at radius 2 is 1.89 bits per heavy atom. The standard InChI is InChI=1S/C27H29N5O2S/c1-5-27(4)15-18-12-8-9-13-19(18)23-22(27)24(34)32-25(29-23)31(30-26(32)35-6-2)16-21(33)28-20-14-10-7-11-17(20)3/h7-14H,5-6,15-16H2,1-4H3,(H,28,33)/t27-/m1/s1. The molecule has 0 unspecified atom stereocenters. The number of thioether (sulfide) groups is 1. The third-order valence-corrected chi connectivity index (χ3v) is 7.73. The van der Waals surface area contributed by atoms with Crippen LogP contribution in [0.3, 0.4) is 0 Å². The second-order valence-corrected chi connectivity index (χ2v) is 10.5. The van der Waals surface area contributed by atoms with Gasteiger partial charge < -0.3 is 5.32 Å². The molecule has 0 bridgehead atoms. The molecule has 0 radical (unpaired) electrons. The van der Waals surface area contributed by atoms with Gasteiger partial charge in [0.1, 0.15) is 6.54 Å². The molecule has 0 saturated carbocycles. The SMILES string of the molecule is CCSc1nn(CC(=O)Nc2ccccc2C)c2nc3c(c(=O)n12)[C@](C)(CC)Cc1ccccc1-3. The quantitative estimate of drug-likeness (QED) is 0.394. The number of fused-ring (bicyclic) bond motifs is 4. The average Bonchev–Trinajstić information content (AvgIpc) is 3.18. The van der Waals surface area contributed by atoms with Crippen molar-refractivity contribution in [2.45, 2.75) is 57.7 Å². The van der Waals surface area contributed by atoms with Crippen LogP contribution in [0.5, 0.6) is 0 Å². The van der Waals surface area contributed by atoms with Gasteiger partial charge in [0.25, 0.3) is 5.56 Å². The Balaban J connectivity index is 1.68. The van der Waals surface area contributed by atoms with E-state index >= 15 is 0 Å². The van der Waals surface area contributed by atoms with Gasteiger partial charge in [-0.05, 0) is 42.7 Å². The van der Waals surface area contributed by atoms with E-state index in [4.69, 9.17) is 4.98 Å². The largest absolute Gasteiger partial charge is 0.324 e. The Morgan fingerprint density at radius 3 is 2.63 bits per heavy atom. The molecule has 0 fully saturated rings. The summed E-state index contributed by atoms with van der Waals surface area (Å²) < 4.78 is 3.14. The zero-order chi connectivity index (χ0) is 24.7. The molecule has 1 atom stereocenters. The molecular weight excluding hydrogens is 458 g/mol. The third-order valence-electron chi connectivity index (χ3n) is 6.92. The summed E-state index contributed by atoms with van der Waals surface area (Å²) >= 11 is 1.48. The fraction of sp³-hybridized carbons (Fsp3) is 0.333. The molecule has 35 heavy (non-hydrogen) atoms. The van der Waals surface area contributed by atoms with Crippen molar-refractivity contribution in [2.24, 2.45) is 0 Å². The molecule has 1 aliphatic rings. The van der Waals surface area contributed by atoms with Crippen LogP contribution in [0.1, 0.15) is 43.9 Å². The molecule has 1 aliphatic carbocycles. The lowest BCUT2D eigenvalue weighted by atomic mass is 9.69. The third kappa shape index (κ3) is 3.95. The van der Waals surface area contributed by atoms with E-state index in [1.165, 1.54) is 17.3 Å². The van der Waals surface area contributed by atoms with Crippen LogP contribution in [-0.4, -0.2) is 30.8 Å². The predicted molar refractivity (Wildman–Crippen MR) is 140 cm³/mol. The van der Waals surface area contributed by atoms with E-state index in [9.17, 15) is 9.59 Å². The minimum Gasteiger partial charge on any atom is -0.324 e. The highest BCUT2D eigenvalue weighted by molar-refractivity contribution is 7.99. The number of nitrogens with one attached hydrogen (secondary N) is 1. The van der Waals surface area contributed by atoms with Gasteiger partial charge in [-0.3, -0.25) is 9.59 Å². The normalized spacial score (nSPS) is 16.7. The van der Waals surface area contributed by atoms with Crippen molar-refractivity contribution >= 4 is 29.1 Å². The van der Waals surface area contributed by atoms with Gasteiger partial charge in [-0.15, -0.1) is 5.10 Å².